The number of ether oxygens (including phenoxy) is 2. The standard InChI is InChI=1S/C28H39N3O4/c1-20(19-34-2)35-26-7-3-5-23(15-26)24(16-27(32)33)18-31-14-12-21(17-31)8-10-25-11-9-22-6-4-13-29-28(22)30-25/h3,5,7,9,11,15,20-21,24H,4,6,8,10,12-14,16-19H2,1-2H3,(H,29,30)(H,32,33)/t20-,21-,24-/m1/s1. The SMILES string of the molecule is COC[C@@H](C)Oc1cccc([C@H](CC(=O)O)CN2CC[C@@H](CCc3ccc4c(n3)NCCC4)C2)c1. The van der Waals surface area contributed by atoms with Crippen LogP contribution in [0.5, 0.6) is 5.75 Å². The Morgan fingerprint density at radius 3 is 3.03 bits per heavy atom. The van der Waals surface area contributed by atoms with E-state index in [4.69, 9.17) is 14.5 Å². The predicted octanol–water partition coefficient (Wildman–Crippen LogP) is 4.37. The molecule has 4 rings (SSSR count). The lowest BCUT2D eigenvalue weighted by molar-refractivity contribution is -0.137. The minimum atomic E-state index is -0.767. The zero-order valence-electron chi connectivity index (χ0n) is 21.0. The molecule has 2 N–H and O–H groups in total. The van der Waals surface area contributed by atoms with Crippen LogP contribution in [-0.2, 0) is 22.4 Å². The van der Waals surface area contributed by atoms with Crippen molar-refractivity contribution in [2.24, 2.45) is 5.92 Å². The van der Waals surface area contributed by atoms with E-state index < -0.39 is 5.97 Å². The first kappa shape index (κ1) is 25.5. The van der Waals surface area contributed by atoms with Gasteiger partial charge in [0.2, 0.25) is 0 Å². The summed E-state index contributed by atoms with van der Waals surface area (Å²) >= 11 is 0. The first-order valence-electron chi connectivity index (χ1n) is 12.9. The smallest absolute Gasteiger partial charge is 0.304 e. The van der Waals surface area contributed by atoms with E-state index in [1.807, 2.05) is 31.2 Å². The van der Waals surface area contributed by atoms with Gasteiger partial charge in [0.05, 0.1) is 13.0 Å². The molecule has 2 aliphatic heterocycles. The van der Waals surface area contributed by atoms with Crippen LogP contribution in [-0.4, -0.2) is 67.0 Å². The van der Waals surface area contributed by atoms with Gasteiger partial charge in [-0.15, -0.1) is 0 Å². The lowest BCUT2D eigenvalue weighted by Crippen LogP contribution is -2.28. The number of pyridine rings is 1. The fraction of sp³-hybridized carbons (Fsp3) is 0.571. The van der Waals surface area contributed by atoms with Gasteiger partial charge in [-0.25, -0.2) is 4.98 Å². The Morgan fingerprint density at radius 1 is 1.31 bits per heavy atom. The van der Waals surface area contributed by atoms with Crippen molar-refractivity contribution in [1.29, 1.82) is 0 Å². The zero-order valence-corrected chi connectivity index (χ0v) is 21.0. The number of nitrogens with one attached hydrogen (secondary N) is 1. The van der Waals surface area contributed by atoms with E-state index >= 15 is 0 Å². The van der Waals surface area contributed by atoms with Crippen LogP contribution in [0.2, 0.25) is 0 Å². The van der Waals surface area contributed by atoms with Crippen molar-refractivity contribution >= 4 is 11.8 Å². The molecule has 7 heteroatoms. The Bertz CT molecular complexity index is 982. The monoisotopic (exact) mass is 481 g/mol. The van der Waals surface area contributed by atoms with E-state index in [-0.39, 0.29) is 18.4 Å². The third-order valence-corrected chi connectivity index (χ3v) is 7.10. The molecule has 3 atom stereocenters. The molecule has 0 saturated carbocycles. The number of anilines is 1. The molecule has 0 amide bonds. The van der Waals surface area contributed by atoms with Crippen LogP contribution >= 0.6 is 0 Å². The molecule has 1 aromatic heterocycles. The quantitative estimate of drug-likeness (QED) is 0.466. The fourth-order valence-electron chi connectivity index (χ4n) is 5.33. The summed E-state index contributed by atoms with van der Waals surface area (Å²) in [5, 5.41) is 13.0. The van der Waals surface area contributed by atoms with Gasteiger partial charge < -0.3 is 24.8 Å². The zero-order chi connectivity index (χ0) is 24.6. The molecule has 2 aliphatic rings. The van der Waals surface area contributed by atoms with Crippen LogP contribution in [0.4, 0.5) is 5.82 Å². The molecule has 1 fully saturated rings. The molecule has 3 heterocycles. The lowest BCUT2D eigenvalue weighted by atomic mass is 9.94. The number of rotatable bonds is 12. The van der Waals surface area contributed by atoms with Gasteiger partial charge in [0.25, 0.3) is 0 Å². The Hall–Kier alpha value is -2.64. The van der Waals surface area contributed by atoms with Crippen LogP contribution < -0.4 is 10.1 Å². The molecule has 7 nitrogen and oxygen atoms in total. The molecule has 2 aromatic rings. The van der Waals surface area contributed by atoms with Gasteiger partial charge in [-0.3, -0.25) is 4.79 Å². The van der Waals surface area contributed by atoms with Crippen molar-refractivity contribution in [1.82, 2.24) is 9.88 Å². The van der Waals surface area contributed by atoms with E-state index in [0.717, 1.165) is 69.0 Å². The van der Waals surface area contributed by atoms with Crippen molar-refractivity contribution in [3.8, 4) is 5.75 Å². The summed E-state index contributed by atoms with van der Waals surface area (Å²) < 4.78 is 11.1. The number of aliphatic carboxylic acids is 1. The molecule has 0 aliphatic carbocycles. The Balaban J connectivity index is 1.32. The minimum Gasteiger partial charge on any atom is -0.488 e. The second-order valence-electron chi connectivity index (χ2n) is 10.0. The number of benzene rings is 1. The number of aromatic nitrogens is 1. The summed E-state index contributed by atoms with van der Waals surface area (Å²) in [5.74, 6) is 1.61. The summed E-state index contributed by atoms with van der Waals surface area (Å²) in [5.41, 5.74) is 3.52. The highest BCUT2D eigenvalue weighted by Gasteiger charge is 2.27. The van der Waals surface area contributed by atoms with Gasteiger partial charge >= 0.3 is 5.97 Å². The maximum atomic E-state index is 11.7. The van der Waals surface area contributed by atoms with E-state index in [1.165, 1.54) is 17.7 Å². The van der Waals surface area contributed by atoms with Gasteiger partial charge in [-0.05, 0) is 80.8 Å². The highest BCUT2D eigenvalue weighted by Crippen LogP contribution is 2.29. The topological polar surface area (TPSA) is 83.9 Å². The fourth-order valence-corrected chi connectivity index (χ4v) is 5.33. The lowest BCUT2D eigenvalue weighted by Gasteiger charge is -2.24. The van der Waals surface area contributed by atoms with E-state index in [2.05, 4.69) is 22.3 Å². The number of likely N-dealkylation sites (tertiary alicyclic amines) is 1. The van der Waals surface area contributed by atoms with Crippen molar-refractivity contribution in [3.63, 3.8) is 0 Å². The second-order valence-corrected chi connectivity index (χ2v) is 10.0. The van der Waals surface area contributed by atoms with Crippen LogP contribution in [0.3, 0.4) is 0 Å². The maximum Gasteiger partial charge on any atom is 0.304 e. The van der Waals surface area contributed by atoms with Crippen molar-refractivity contribution in [3.05, 3.63) is 53.2 Å². The van der Waals surface area contributed by atoms with Crippen LogP contribution in [0.1, 0.15) is 55.3 Å². The average Bonchev–Trinajstić information content (AvgIpc) is 3.29. The average molecular weight is 482 g/mol. The molecule has 1 saturated heterocycles. The second kappa shape index (κ2) is 12.4. The number of carboxylic acids is 1. The number of nitrogens with zero attached hydrogens (tertiary/aromatic N) is 2. The van der Waals surface area contributed by atoms with Crippen LogP contribution in [0, 0.1) is 5.92 Å². The van der Waals surface area contributed by atoms with Crippen molar-refractivity contribution in [2.75, 3.05) is 45.2 Å². The van der Waals surface area contributed by atoms with Crippen LogP contribution in [0.25, 0.3) is 0 Å². The number of hydrogen-bond donors (Lipinski definition) is 2. The normalized spacial score (nSPS) is 19.5. The number of carbonyl (C=O) groups is 1. The Kier molecular flexibility index (Phi) is 8.99. The summed E-state index contributed by atoms with van der Waals surface area (Å²) in [6, 6.07) is 12.3. The summed E-state index contributed by atoms with van der Waals surface area (Å²) in [7, 11) is 1.66. The first-order valence-corrected chi connectivity index (χ1v) is 12.9. The van der Waals surface area contributed by atoms with E-state index in [0.29, 0.717) is 12.5 Å². The van der Waals surface area contributed by atoms with Gasteiger partial charge in [0, 0.05) is 38.4 Å². The highest BCUT2D eigenvalue weighted by atomic mass is 16.5. The van der Waals surface area contributed by atoms with Gasteiger partial charge in [0.1, 0.15) is 17.7 Å². The molecule has 0 bridgehead atoms. The van der Waals surface area contributed by atoms with E-state index in [1.54, 1.807) is 7.11 Å². The summed E-state index contributed by atoms with van der Waals surface area (Å²) in [4.78, 5) is 18.9. The number of carboxylic acid groups (broad SMARTS) is 1. The Morgan fingerprint density at radius 2 is 2.20 bits per heavy atom. The van der Waals surface area contributed by atoms with Crippen LogP contribution in [0.15, 0.2) is 36.4 Å². The summed E-state index contributed by atoms with van der Waals surface area (Å²) in [6.45, 7) is 6.27. The van der Waals surface area contributed by atoms with Gasteiger partial charge in [0.15, 0.2) is 0 Å². The maximum absolute atomic E-state index is 11.7. The molecule has 0 radical (unpaired) electrons. The van der Waals surface area contributed by atoms with Gasteiger partial charge in [-0.1, -0.05) is 18.2 Å². The molecule has 35 heavy (non-hydrogen) atoms. The molecule has 1 aromatic carbocycles. The van der Waals surface area contributed by atoms with Crippen molar-refractivity contribution in [2.45, 2.75) is 57.5 Å². The van der Waals surface area contributed by atoms with Gasteiger partial charge in [-0.2, -0.15) is 0 Å². The highest BCUT2D eigenvalue weighted by molar-refractivity contribution is 5.68. The van der Waals surface area contributed by atoms with E-state index in [9.17, 15) is 9.90 Å². The van der Waals surface area contributed by atoms with Crippen molar-refractivity contribution < 1.29 is 19.4 Å². The molecule has 0 unspecified atom stereocenters. The molecular formula is C28H39N3O4. The number of hydrogen-bond acceptors (Lipinski definition) is 6. The number of aryl methyl sites for hydroxylation is 2. The first-order chi connectivity index (χ1) is 17.0. The number of methoxy groups -OCH3 is 1. The third kappa shape index (κ3) is 7.42. The predicted molar refractivity (Wildman–Crippen MR) is 137 cm³/mol. The molecule has 0 spiro atoms. The number of fused-ring (bicyclic) bond motifs is 1. The third-order valence-electron chi connectivity index (χ3n) is 7.10. The molecular weight excluding hydrogens is 442 g/mol. The molecule has 190 valence electrons. The minimum absolute atomic E-state index is 0.0621. The summed E-state index contributed by atoms with van der Waals surface area (Å²) in [6.07, 6.45) is 5.61. The Labute approximate surface area is 208 Å². The largest absolute Gasteiger partial charge is 0.488 e.